The average molecular weight is 218 g/mol. The van der Waals surface area contributed by atoms with Crippen LogP contribution in [-0.2, 0) is 0 Å². The average Bonchev–Trinajstić information content (AvgIpc) is 2.26. The monoisotopic (exact) mass is 218 g/mol. The third-order valence-corrected chi connectivity index (χ3v) is 3.08. The molecule has 5 heteroatoms. The topological polar surface area (TPSA) is 49.1 Å². The van der Waals surface area contributed by atoms with E-state index in [2.05, 4.69) is 4.98 Å². The normalized spacial score (nSPS) is 12.5. The molecule has 0 atom stereocenters. The van der Waals surface area contributed by atoms with Gasteiger partial charge in [-0.15, -0.1) is 0 Å². The van der Waals surface area contributed by atoms with Crippen LogP contribution in [0.5, 0.6) is 11.6 Å². The highest BCUT2D eigenvalue weighted by Crippen LogP contribution is 2.44. The Morgan fingerprint density at radius 2 is 2.27 bits per heavy atom. The molecule has 0 spiro atoms. The van der Waals surface area contributed by atoms with Crippen LogP contribution in [0, 0.1) is 5.21 Å². The van der Waals surface area contributed by atoms with Crippen LogP contribution >= 0.6 is 11.8 Å². The van der Waals surface area contributed by atoms with Crippen LogP contribution in [0.4, 0.5) is 0 Å². The van der Waals surface area contributed by atoms with Crippen molar-refractivity contribution in [3.8, 4) is 11.6 Å². The molecule has 0 radical (unpaired) electrons. The van der Waals surface area contributed by atoms with E-state index in [4.69, 9.17) is 4.74 Å². The Balaban J connectivity index is 2.11. The summed E-state index contributed by atoms with van der Waals surface area (Å²) in [6.45, 7) is 0. The molecule has 0 unspecified atom stereocenters. The summed E-state index contributed by atoms with van der Waals surface area (Å²) in [6.07, 6.45) is 4.59. The Morgan fingerprint density at radius 1 is 1.33 bits per heavy atom. The predicted octanol–water partition coefficient (Wildman–Crippen LogP) is 1.97. The Morgan fingerprint density at radius 3 is 3.20 bits per heavy atom. The van der Waals surface area contributed by atoms with Gasteiger partial charge in [0.1, 0.15) is 4.90 Å². The van der Waals surface area contributed by atoms with E-state index in [-0.39, 0.29) is 0 Å². The van der Waals surface area contributed by atoms with E-state index in [0.717, 1.165) is 14.5 Å². The molecular weight excluding hydrogens is 212 g/mol. The molecule has 3 heterocycles. The van der Waals surface area contributed by atoms with Gasteiger partial charge in [-0.2, -0.15) is 4.73 Å². The summed E-state index contributed by atoms with van der Waals surface area (Å²) in [5.74, 6) is 1.27. The van der Waals surface area contributed by atoms with Gasteiger partial charge in [-0.25, -0.2) is 4.98 Å². The van der Waals surface area contributed by atoms with E-state index < -0.39 is 0 Å². The van der Waals surface area contributed by atoms with Gasteiger partial charge >= 0.3 is 0 Å². The van der Waals surface area contributed by atoms with Crippen molar-refractivity contribution in [2.24, 2.45) is 0 Å². The van der Waals surface area contributed by atoms with Gasteiger partial charge in [0.2, 0.25) is 5.88 Å². The van der Waals surface area contributed by atoms with Crippen molar-refractivity contribution in [3.05, 3.63) is 42.0 Å². The molecular formula is C10H6N2O2S. The van der Waals surface area contributed by atoms with Crippen molar-refractivity contribution in [2.75, 3.05) is 0 Å². The number of hydrogen-bond donors (Lipinski definition) is 0. The van der Waals surface area contributed by atoms with Crippen LogP contribution in [-0.4, -0.2) is 4.98 Å². The number of pyridine rings is 2. The van der Waals surface area contributed by atoms with Crippen LogP contribution in [0.1, 0.15) is 0 Å². The smallest absolute Gasteiger partial charge is 0.233 e. The van der Waals surface area contributed by atoms with Gasteiger partial charge in [-0.3, -0.25) is 0 Å². The quantitative estimate of drug-likeness (QED) is 0.427. The van der Waals surface area contributed by atoms with Gasteiger partial charge in [0.15, 0.2) is 18.1 Å². The molecule has 0 aromatic carbocycles. The summed E-state index contributed by atoms with van der Waals surface area (Å²) in [5.41, 5.74) is 0. The zero-order chi connectivity index (χ0) is 10.3. The van der Waals surface area contributed by atoms with E-state index >= 15 is 0 Å². The Bertz CT molecular complexity index is 531. The van der Waals surface area contributed by atoms with Gasteiger partial charge in [0, 0.05) is 12.3 Å². The molecule has 3 rings (SSSR count). The molecule has 15 heavy (non-hydrogen) atoms. The summed E-state index contributed by atoms with van der Waals surface area (Å²) in [5, 5.41) is 11.1. The second-order valence-electron chi connectivity index (χ2n) is 3.04. The number of hydrogen-bond acceptors (Lipinski definition) is 4. The molecule has 4 nitrogen and oxygen atoms in total. The molecule has 0 N–H and O–H groups in total. The van der Waals surface area contributed by atoms with Crippen molar-refractivity contribution in [3.63, 3.8) is 0 Å². The van der Waals surface area contributed by atoms with Crippen LogP contribution in [0.2, 0.25) is 0 Å². The Kier molecular flexibility index (Phi) is 1.78. The number of nitrogens with zero attached hydrogens (tertiary/aromatic N) is 2. The molecule has 1 aliphatic rings. The van der Waals surface area contributed by atoms with Crippen molar-refractivity contribution >= 4 is 11.8 Å². The predicted molar refractivity (Wildman–Crippen MR) is 53.8 cm³/mol. The van der Waals surface area contributed by atoms with Crippen molar-refractivity contribution in [2.45, 2.75) is 9.79 Å². The highest BCUT2D eigenvalue weighted by atomic mass is 32.2. The van der Waals surface area contributed by atoms with Gasteiger partial charge in [-0.05, 0) is 12.1 Å². The lowest BCUT2D eigenvalue weighted by Gasteiger charge is -2.16. The molecule has 2 aromatic heterocycles. The fourth-order valence-electron chi connectivity index (χ4n) is 1.36. The van der Waals surface area contributed by atoms with E-state index in [0.29, 0.717) is 11.6 Å². The lowest BCUT2D eigenvalue weighted by Crippen LogP contribution is -2.24. The van der Waals surface area contributed by atoms with Gasteiger partial charge in [0.25, 0.3) is 0 Å². The van der Waals surface area contributed by atoms with Gasteiger partial charge < -0.3 is 9.94 Å². The minimum atomic E-state index is 0.596. The van der Waals surface area contributed by atoms with Crippen molar-refractivity contribution in [1.82, 2.24) is 4.98 Å². The minimum absolute atomic E-state index is 0.596. The van der Waals surface area contributed by atoms with E-state index in [1.807, 2.05) is 12.1 Å². The second kappa shape index (κ2) is 3.13. The lowest BCUT2D eigenvalue weighted by atomic mass is 10.4. The fourth-order valence-corrected chi connectivity index (χ4v) is 2.29. The zero-order valence-electron chi connectivity index (χ0n) is 7.58. The number of ether oxygens (including phenoxy) is 1. The molecule has 1 aliphatic heterocycles. The van der Waals surface area contributed by atoms with Crippen molar-refractivity contribution < 1.29 is 9.47 Å². The second-order valence-corrected chi connectivity index (χ2v) is 4.13. The molecule has 0 aliphatic carbocycles. The van der Waals surface area contributed by atoms with Crippen molar-refractivity contribution in [1.29, 1.82) is 0 Å². The maximum atomic E-state index is 11.1. The van der Waals surface area contributed by atoms with Crippen LogP contribution in [0.25, 0.3) is 0 Å². The van der Waals surface area contributed by atoms with E-state index in [1.165, 1.54) is 24.2 Å². The summed E-state index contributed by atoms with van der Waals surface area (Å²) < 4.78 is 6.31. The summed E-state index contributed by atoms with van der Waals surface area (Å²) in [4.78, 5) is 5.85. The molecule has 0 saturated heterocycles. The number of aromatic nitrogens is 2. The fraction of sp³-hybridized carbons (Fsp3) is 0. The molecule has 74 valence electrons. The third kappa shape index (κ3) is 1.41. The van der Waals surface area contributed by atoms with Gasteiger partial charge in [0.05, 0.1) is 4.90 Å². The third-order valence-electron chi connectivity index (χ3n) is 2.02. The van der Waals surface area contributed by atoms with E-state index in [1.54, 1.807) is 12.3 Å². The summed E-state index contributed by atoms with van der Waals surface area (Å²) in [6, 6.07) is 5.40. The highest BCUT2D eigenvalue weighted by molar-refractivity contribution is 7.99. The number of rotatable bonds is 0. The first-order valence-corrected chi connectivity index (χ1v) is 5.18. The van der Waals surface area contributed by atoms with E-state index in [9.17, 15) is 5.21 Å². The lowest BCUT2D eigenvalue weighted by molar-refractivity contribution is -0.607. The molecule has 0 saturated carbocycles. The Hall–Kier alpha value is -1.75. The maximum Gasteiger partial charge on any atom is 0.233 e. The summed E-state index contributed by atoms with van der Waals surface area (Å²) >= 11 is 1.49. The summed E-state index contributed by atoms with van der Waals surface area (Å²) in [7, 11) is 0. The largest absolute Gasteiger partial charge is 0.619 e. The van der Waals surface area contributed by atoms with Crippen LogP contribution < -0.4 is 9.47 Å². The first-order chi connectivity index (χ1) is 7.33. The molecule has 2 aromatic rings. The standard InChI is InChI=1S/C10H6N2O2S/c13-12-5-3-7-9(6-12)15-8-2-1-4-11-10(8)14-7/h1-6H. The maximum absolute atomic E-state index is 11.1. The van der Waals surface area contributed by atoms with Crippen LogP contribution in [0.3, 0.4) is 0 Å². The molecule has 0 bridgehead atoms. The highest BCUT2D eigenvalue weighted by Gasteiger charge is 2.20. The number of fused-ring (bicyclic) bond motifs is 2. The zero-order valence-corrected chi connectivity index (χ0v) is 8.40. The first kappa shape index (κ1) is 8.55. The minimum Gasteiger partial charge on any atom is -0.619 e. The SMILES string of the molecule is [O-][n+]1ccc2c(c1)Sc1cccnc1O2. The molecule has 0 fully saturated rings. The van der Waals surface area contributed by atoms with Crippen LogP contribution in [0.15, 0.2) is 46.6 Å². The Labute approximate surface area is 90.1 Å². The van der Waals surface area contributed by atoms with Gasteiger partial charge in [-0.1, -0.05) is 11.8 Å². The molecule has 0 amide bonds. The first-order valence-electron chi connectivity index (χ1n) is 4.36.